The molecule has 4 nitrogen and oxygen atoms in total. The molecule has 0 saturated carbocycles. The molecule has 0 radical (unpaired) electrons. The van der Waals surface area contributed by atoms with Crippen LogP contribution in [0.1, 0.15) is 110 Å². The highest BCUT2D eigenvalue weighted by atomic mass is 16.5. The van der Waals surface area contributed by atoms with Crippen molar-refractivity contribution in [2.24, 2.45) is 0 Å². The van der Waals surface area contributed by atoms with Crippen molar-refractivity contribution >= 4 is 5.91 Å². The normalized spacial score (nSPS) is 11.2. The second-order valence-electron chi connectivity index (χ2n) is 7.31. The lowest BCUT2D eigenvalue weighted by molar-refractivity contribution is -0.137. The van der Waals surface area contributed by atoms with Crippen LogP contribution in [-0.2, 0) is 4.79 Å². The van der Waals surface area contributed by atoms with Gasteiger partial charge in [0, 0.05) is 13.0 Å². The largest absolute Gasteiger partial charge is 0.367 e. The molecule has 0 fully saturated rings. The average molecular weight is 358 g/mol. The van der Waals surface area contributed by atoms with Gasteiger partial charge in [-0.1, -0.05) is 90.9 Å². The van der Waals surface area contributed by atoms with Crippen LogP contribution in [0.3, 0.4) is 0 Å². The zero-order valence-electron chi connectivity index (χ0n) is 16.8. The smallest absolute Gasteiger partial charge is 0.222 e. The number of aliphatic hydroxyl groups excluding tert-OH is 1. The summed E-state index contributed by atoms with van der Waals surface area (Å²) in [5.41, 5.74) is 0. The molecule has 0 heterocycles. The molecule has 0 aromatic heterocycles. The Morgan fingerprint density at radius 2 is 1.16 bits per heavy atom. The molecule has 0 aromatic carbocycles. The third-order valence-electron chi connectivity index (χ3n) is 4.72. The van der Waals surface area contributed by atoms with Gasteiger partial charge >= 0.3 is 0 Å². The highest BCUT2D eigenvalue weighted by molar-refractivity contribution is 5.76. The summed E-state index contributed by atoms with van der Waals surface area (Å²) in [4.78, 5) is 13.6. The maximum absolute atomic E-state index is 12.1. The molecular weight excluding hydrogens is 314 g/mol. The molecule has 0 aliphatic rings. The maximum Gasteiger partial charge on any atom is 0.222 e. The minimum atomic E-state index is -1.43. The molecular formula is C21H43NO3. The van der Waals surface area contributed by atoms with Gasteiger partial charge in [-0.25, -0.2) is 0 Å². The lowest BCUT2D eigenvalue weighted by Crippen LogP contribution is -2.37. The van der Waals surface area contributed by atoms with Crippen LogP contribution in [-0.4, -0.2) is 40.4 Å². The second kappa shape index (κ2) is 18.2. The lowest BCUT2D eigenvalue weighted by Gasteiger charge is -2.22. The van der Waals surface area contributed by atoms with Crippen LogP contribution >= 0.6 is 0 Å². The summed E-state index contributed by atoms with van der Waals surface area (Å²) in [7, 11) is 0. The van der Waals surface area contributed by atoms with Gasteiger partial charge in [0.25, 0.3) is 0 Å². The van der Waals surface area contributed by atoms with E-state index >= 15 is 0 Å². The topological polar surface area (TPSA) is 60.8 Å². The standard InChI is InChI=1S/C21H43NO3/c1-3-5-6-7-8-9-10-11-12-13-14-15-16-17-20(23)22(18-4-2)19-21(24)25/h21,24-25H,3-19H2,1-2H3. The Morgan fingerprint density at radius 3 is 1.56 bits per heavy atom. The molecule has 0 aliphatic carbocycles. The van der Waals surface area contributed by atoms with E-state index in [1.54, 1.807) is 4.90 Å². The number of hydrogen-bond donors (Lipinski definition) is 2. The molecule has 150 valence electrons. The summed E-state index contributed by atoms with van der Waals surface area (Å²) in [6.45, 7) is 4.89. The fourth-order valence-electron chi connectivity index (χ4n) is 3.24. The van der Waals surface area contributed by atoms with Crippen molar-refractivity contribution < 1.29 is 15.0 Å². The first-order valence-corrected chi connectivity index (χ1v) is 10.8. The number of carbonyl (C=O) groups is 1. The molecule has 2 N–H and O–H groups in total. The second-order valence-corrected chi connectivity index (χ2v) is 7.31. The summed E-state index contributed by atoms with van der Waals surface area (Å²) in [5, 5.41) is 18.1. The van der Waals surface area contributed by atoms with Crippen LogP contribution < -0.4 is 0 Å². The van der Waals surface area contributed by atoms with Gasteiger partial charge in [0.2, 0.25) is 5.91 Å². The van der Waals surface area contributed by atoms with Gasteiger partial charge in [0.1, 0.15) is 0 Å². The summed E-state index contributed by atoms with van der Waals surface area (Å²) < 4.78 is 0. The molecule has 0 aromatic rings. The van der Waals surface area contributed by atoms with Crippen LogP contribution in [0.2, 0.25) is 0 Å². The highest BCUT2D eigenvalue weighted by Gasteiger charge is 2.14. The van der Waals surface area contributed by atoms with Crippen molar-refractivity contribution in [2.75, 3.05) is 13.1 Å². The van der Waals surface area contributed by atoms with E-state index < -0.39 is 6.29 Å². The van der Waals surface area contributed by atoms with Crippen molar-refractivity contribution in [3.8, 4) is 0 Å². The first-order chi connectivity index (χ1) is 12.1. The van der Waals surface area contributed by atoms with Crippen molar-refractivity contribution in [3.05, 3.63) is 0 Å². The molecule has 0 rings (SSSR count). The fraction of sp³-hybridized carbons (Fsp3) is 0.952. The van der Waals surface area contributed by atoms with Crippen LogP contribution in [0, 0.1) is 0 Å². The Morgan fingerprint density at radius 1 is 0.720 bits per heavy atom. The van der Waals surface area contributed by atoms with E-state index in [1.165, 1.54) is 70.6 Å². The molecule has 0 spiro atoms. The van der Waals surface area contributed by atoms with Crippen molar-refractivity contribution in [2.45, 2.75) is 116 Å². The molecule has 25 heavy (non-hydrogen) atoms. The summed E-state index contributed by atoms with van der Waals surface area (Å²) in [6.07, 6.45) is 16.8. The van der Waals surface area contributed by atoms with Crippen LogP contribution in [0.25, 0.3) is 0 Å². The quantitative estimate of drug-likeness (QED) is 0.267. The monoisotopic (exact) mass is 357 g/mol. The highest BCUT2D eigenvalue weighted by Crippen LogP contribution is 2.13. The van der Waals surface area contributed by atoms with E-state index in [0.717, 1.165) is 19.3 Å². The van der Waals surface area contributed by atoms with Crippen molar-refractivity contribution in [1.29, 1.82) is 0 Å². The Labute approximate surface area is 156 Å². The van der Waals surface area contributed by atoms with E-state index in [0.29, 0.717) is 13.0 Å². The molecule has 0 bridgehead atoms. The number of unbranched alkanes of at least 4 members (excludes halogenated alkanes) is 12. The van der Waals surface area contributed by atoms with E-state index in [4.69, 9.17) is 10.2 Å². The molecule has 0 atom stereocenters. The van der Waals surface area contributed by atoms with Gasteiger partial charge in [-0.3, -0.25) is 4.79 Å². The van der Waals surface area contributed by atoms with Gasteiger partial charge < -0.3 is 15.1 Å². The molecule has 0 saturated heterocycles. The number of rotatable bonds is 18. The number of carbonyl (C=O) groups excluding carboxylic acids is 1. The summed E-state index contributed by atoms with van der Waals surface area (Å²) in [6, 6.07) is 0. The van der Waals surface area contributed by atoms with E-state index in [1.807, 2.05) is 6.92 Å². The zero-order valence-corrected chi connectivity index (χ0v) is 16.8. The van der Waals surface area contributed by atoms with Gasteiger partial charge in [-0.15, -0.1) is 0 Å². The Balaban J connectivity index is 3.43. The third-order valence-corrected chi connectivity index (χ3v) is 4.72. The SMILES string of the molecule is CCCCCCCCCCCCCCCC(=O)N(CCC)CC(O)O. The summed E-state index contributed by atoms with van der Waals surface area (Å²) >= 11 is 0. The van der Waals surface area contributed by atoms with Gasteiger partial charge in [-0.2, -0.15) is 0 Å². The number of hydrogen-bond acceptors (Lipinski definition) is 3. The molecule has 4 heteroatoms. The first kappa shape index (κ1) is 24.4. The Bertz CT molecular complexity index is 295. The van der Waals surface area contributed by atoms with E-state index in [2.05, 4.69) is 6.92 Å². The average Bonchev–Trinajstić information content (AvgIpc) is 2.58. The van der Waals surface area contributed by atoms with E-state index in [9.17, 15) is 4.79 Å². The zero-order chi connectivity index (χ0) is 18.8. The number of amides is 1. The van der Waals surface area contributed by atoms with Crippen LogP contribution in [0.15, 0.2) is 0 Å². The van der Waals surface area contributed by atoms with Crippen molar-refractivity contribution in [1.82, 2.24) is 4.90 Å². The first-order valence-electron chi connectivity index (χ1n) is 10.8. The molecule has 0 unspecified atom stereocenters. The minimum absolute atomic E-state index is 0.0329. The third kappa shape index (κ3) is 16.6. The van der Waals surface area contributed by atoms with Gasteiger partial charge in [-0.05, 0) is 12.8 Å². The summed E-state index contributed by atoms with van der Waals surface area (Å²) in [5.74, 6) is 0.0537. The van der Waals surface area contributed by atoms with Crippen LogP contribution in [0.4, 0.5) is 0 Å². The van der Waals surface area contributed by atoms with Crippen molar-refractivity contribution in [3.63, 3.8) is 0 Å². The lowest BCUT2D eigenvalue weighted by atomic mass is 10.0. The minimum Gasteiger partial charge on any atom is -0.367 e. The number of nitrogens with zero attached hydrogens (tertiary/aromatic N) is 1. The predicted octanol–water partition coefficient (Wildman–Crippen LogP) is 5.02. The Hall–Kier alpha value is -0.610. The van der Waals surface area contributed by atoms with Crippen LogP contribution in [0.5, 0.6) is 0 Å². The van der Waals surface area contributed by atoms with E-state index in [-0.39, 0.29) is 12.5 Å². The van der Waals surface area contributed by atoms with Gasteiger partial charge in [0.05, 0.1) is 6.54 Å². The fourth-order valence-corrected chi connectivity index (χ4v) is 3.24. The molecule has 0 aliphatic heterocycles. The Kier molecular flexibility index (Phi) is 17.7. The maximum atomic E-state index is 12.1. The molecule has 1 amide bonds. The number of aliphatic hydroxyl groups is 2. The van der Waals surface area contributed by atoms with Gasteiger partial charge in [0.15, 0.2) is 6.29 Å². The predicted molar refractivity (Wildman–Crippen MR) is 105 cm³/mol.